The third kappa shape index (κ3) is 6.69. The SMILES string of the molecule is CS(=O)(=O)N1CCN(c2ccc([N+](=O)[O-])nc2)CC1.O=[N+]([O-])c1ccc(Br)cn1. The number of pyridine rings is 2. The maximum Gasteiger partial charge on any atom is 0.363 e. The van der Waals surface area contributed by atoms with Gasteiger partial charge in [-0.3, -0.25) is 0 Å². The summed E-state index contributed by atoms with van der Waals surface area (Å²) in [6, 6.07) is 5.88. The van der Waals surface area contributed by atoms with Gasteiger partial charge in [0.2, 0.25) is 10.0 Å². The lowest BCUT2D eigenvalue weighted by Gasteiger charge is -2.34. The van der Waals surface area contributed by atoms with E-state index in [0.717, 1.165) is 10.2 Å². The summed E-state index contributed by atoms with van der Waals surface area (Å²) in [5.41, 5.74) is 0.763. The Morgan fingerprint density at radius 1 is 0.931 bits per heavy atom. The lowest BCUT2D eigenvalue weighted by Crippen LogP contribution is -2.48. The maximum absolute atomic E-state index is 11.4. The first-order valence-corrected chi connectivity index (χ1v) is 10.8. The van der Waals surface area contributed by atoms with Gasteiger partial charge < -0.3 is 25.1 Å². The minimum atomic E-state index is -3.15. The fourth-order valence-electron chi connectivity index (χ4n) is 2.43. The van der Waals surface area contributed by atoms with Crippen LogP contribution in [0.2, 0.25) is 0 Å². The molecule has 0 aromatic carbocycles. The Labute approximate surface area is 174 Å². The first-order chi connectivity index (χ1) is 13.6. The number of sulfonamides is 1. The van der Waals surface area contributed by atoms with E-state index in [9.17, 15) is 28.6 Å². The smallest absolute Gasteiger partial charge is 0.363 e. The van der Waals surface area contributed by atoms with Crippen molar-refractivity contribution in [1.29, 1.82) is 0 Å². The van der Waals surface area contributed by atoms with Crippen molar-refractivity contribution in [2.75, 3.05) is 37.3 Å². The molecule has 0 aliphatic carbocycles. The average molecular weight is 489 g/mol. The molecule has 1 aliphatic rings. The molecule has 0 spiro atoms. The lowest BCUT2D eigenvalue weighted by molar-refractivity contribution is -0.389. The number of piperazine rings is 1. The number of anilines is 1. The van der Waals surface area contributed by atoms with E-state index in [-0.39, 0.29) is 11.6 Å². The number of hydrogen-bond donors (Lipinski definition) is 0. The number of rotatable bonds is 4. The van der Waals surface area contributed by atoms with Crippen LogP contribution >= 0.6 is 15.9 Å². The second kappa shape index (κ2) is 9.67. The molecule has 0 bridgehead atoms. The van der Waals surface area contributed by atoms with Gasteiger partial charge in [0.1, 0.15) is 0 Å². The van der Waals surface area contributed by atoms with Gasteiger partial charge in [0.05, 0.1) is 16.4 Å². The van der Waals surface area contributed by atoms with Crippen LogP contribution in [-0.4, -0.2) is 65.0 Å². The molecular weight excluding hydrogens is 472 g/mol. The Hall–Kier alpha value is -2.71. The summed E-state index contributed by atoms with van der Waals surface area (Å²) in [6.45, 7) is 1.92. The summed E-state index contributed by atoms with van der Waals surface area (Å²) in [5, 5.41) is 20.5. The molecule has 2 aromatic heterocycles. The third-order valence-electron chi connectivity index (χ3n) is 3.89. The predicted molar refractivity (Wildman–Crippen MR) is 108 cm³/mol. The normalized spacial score (nSPS) is 14.6. The Balaban J connectivity index is 0.000000253. The van der Waals surface area contributed by atoms with Gasteiger partial charge in [-0.15, -0.1) is 0 Å². The molecule has 12 nitrogen and oxygen atoms in total. The van der Waals surface area contributed by atoms with E-state index in [2.05, 4.69) is 25.9 Å². The van der Waals surface area contributed by atoms with Crippen molar-refractivity contribution >= 4 is 43.3 Å². The maximum atomic E-state index is 11.4. The minimum Gasteiger partial charge on any atom is -0.366 e. The molecule has 3 heterocycles. The van der Waals surface area contributed by atoms with Crippen molar-refractivity contribution in [2.45, 2.75) is 0 Å². The monoisotopic (exact) mass is 488 g/mol. The highest BCUT2D eigenvalue weighted by atomic mass is 79.9. The van der Waals surface area contributed by atoms with Crippen LogP contribution in [0, 0.1) is 20.2 Å². The second-order valence-corrected chi connectivity index (χ2v) is 8.77. The summed E-state index contributed by atoms with van der Waals surface area (Å²) >= 11 is 3.11. The van der Waals surface area contributed by atoms with E-state index in [0.29, 0.717) is 26.2 Å². The van der Waals surface area contributed by atoms with E-state index in [1.165, 1.54) is 35.1 Å². The summed E-state index contributed by atoms with van der Waals surface area (Å²) in [4.78, 5) is 28.7. The largest absolute Gasteiger partial charge is 0.366 e. The molecule has 0 unspecified atom stereocenters. The number of hydrogen-bond acceptors (Lipinski definition) is 9. The summed E-state index contributed by atoms with van der Waals surface area (Å²) in [7, 11) is -3.15. The summed E-state index contributed by atoms with van der Waals surface area (Å²) < 4.78 is 24.9. The van der Waals surface area contributed by atoms with E-state index in [1.54, 1.807) is 12.1 Å². The topological polar surface area (TPSA) is 153 Å². The number of nitro groups is 2. The molecular formula is C15H17BrN6O6S. The van der Waals surface area contributed by atoms with E-state index in [4.69, 9.17) is 0 Å². The van der Waals surface area contributed by atoms with Gasteiger partial charge in [0.25, 0.3) is 0 Å². The van der Waals surface area contributed by atoms with Crippen molar-refractivity contribution in [3.05, 3.63) is 61.4 Å². The van der Waals surface area contributed by atoms with Crippen LogP contribution in [0.15, 0.2) is 41.1 Å². The molecule has 29 heavy (non-hydrogen) atoms. The van der Waals surface area contributed by atoms with Crippen LogP contribution in [-0.2, 0) is 10.0 Å². The van der Waals surface area contributed by atoms with Gasteiger partial charge in [0.15, 0.2) is 12.4 Å². The van der Waals surface area contributed by atoms with Crippen molar-refractivity contribution in [3.63, 3.8) is 0 Å². The van der Waals surface area contributed by atoms with Gasteiger partial charge in [-0.1, -0.05) is 0 Å². The van der Waals surface area contributed by atoms with Crippen LogP contribution in [0.3, 0.4) is 0 Å². The molecule has 14 heteroatoms. The van der Waals surface area contributed by atoms with Crippen LogP contribution in [0.4, 0.5) is 17.3 Å². The van der Waals surface area contributed by atoms with Crippen molar-refractivity contribution in [2.24, 2.45) is 0 Å². The Kier molecular flexibility index (Phi) is 7.53. The van der Waals surface area contributed by atoms with Crippen LogP contribution in [0.5, 0.6) is 0 Å². The first kappa shape index (κ1) is 22.6. The quantitative estimate of drug-likeness (QED) is 0.462. The van der Waals surface area contributed by atoms with Crippen molar-refractivity contribution < 1.29 is 18.3 Å². The zero-order valence-corrected chi connectivity index (χ0v) is 17.6. The summed E-state index contributed by atoms with van der Waals surface area (Å²) in [5.74, 6) is -0.332. The Bertz CT molecular complexity index is 962. The summed E-state index contributed by atoms with van der Waals surface area (Å²) in [6.07, 6.45) is 4.02. The molecule has 0 saturated carbocycles. The zero-order valence-electron chi connectivity index (χ0n) is 15.2. The standard InChI is InChI=1S/C10H14N4O4S.C5H3BrN2O2/c1-19(17,18)13-6-4-12(5-7-13)9-2-3-10(11-8-9)14(15)16;6-4-1-2-5(7-3-4)8(9)10/h2-3,8H,4-7H2,1H3;1-3H. The Morgan fingerprint density at radius 3 is 1.83 bits per heavy atom. The van der Waals surface area contributed by atoms with Gasteiger partial charge in [-0.05, 0) is 47.9 Å². The molecule has 2 aromatic rings. The van der Waals surface area contributed by atoms with Gasteiger partial charge in [-0.2, -0.15) is 4.31 Å². The lowest BCUT2D eigenvalue weighted by atomic mass is 10.3. The average Bonchev–Trinajstić information content (AvgIpc) is 2.68. The molecule has 1 fully saturated rings. The highest BCUT2D eigenvalue weighted by Gasteiger charge is 2.24. The first-order valence-electron chi connectivity index (χ1n) is 8.14. The molecule has 0 amide bonds. The predicted octanol–water partition coefficient (Wildman–Crippen LogP) is 1.82. The highest BCUT2D eigenvalue weighted by molar-refractivity contribution is 9.10. The fraction of sp³-hybridized carbons (Fsp3) is 0.333. The fourth-order valence-corrected chi connectivity index (χ4v) is 3.49. The van der Waals surface area contributed by atoms with Gasteiger partial charge in [-0.25, -0.2) is 8.42 Å². The number of halogens is 1. The van der Waals surface area contributed by atoms with Crippen LogP contribution in [0.1, 0.15) is 0 Å². The minimum absolute atomic E-state index is 0.136. The van der Waals surface area contributed by atoms with Gasteiger partial charge >= 0.3 is 11.6 Å². The molecule has 0 radical (unpaired) electrons. The van der Waals surface area contributed by atoms with E-state index < -0.39 is 19.9 Å². The molecule has 3 rings (SSSR count). The Morgan fingerprint density at radius 2 is 1.45 bits per heavy atom. The molecule has 1 saturated heterocycles. The number of aromatic nitrogens is 2. The van der Waals surface area contributed by atoms with Crippen molar-refractivity contribution in [3.8, 4) is 0 Å². The molecule has 0 atom stereocenters. The zero-order chi connectivity index (χ0) is 21.6. The van der Waals surface area contributed by atoms with Gasteiger partial charge in [0, 0.05) is 38.3 Å². The molecule has 1 aliphatic heterocycles. The molecule has 0 N–H and O–H groups in total. The van der Waals surface area contributed by atoms with Crippen LogP contribution < -0.4 is 4.90 Å². The molecule has 156 valence electrons. The number of nitrogens with zero attached hydrogens (tertiary/aromatic N) is 6. The van der Waals surface area contributed by atoms with Crippen molar-refractivity contribution in [1.82, 2.24) is 14.3 Å². The van der Waals surface area contributed by atoms with E-state index >= 15 is 0 Å². The highest BCUT2D eigenvalue weighted by Crippen LogP contribution is 2.18. The van der Waals surface area contributed by atoms with E-state index in [1.807, 2.05) is 4.90 Å². The third-order valence-corrected chi connectivity index (χ3v) is 5.66. The second-order valence-electron chi connectivity index (χ2n) is 5.87. The van der Waals surface area contributed by atoms with Crippen LogP contribution in [0.25, 0.3) is 0 Å².